The Morgan fingerprint density at radius 3 is 2.50 bits per heavy atom. The maximum Gasteiger partial charge on any atom is 0.240 e. The summed E-state index contributed by atoms with van der Waals surface area (Å²) < 4.78 is 61.4. The molecule has 0 spiro atoms. The Kier molecular flexibility index (Phi) is 8.51. The first-order chi connectivity index (χ1) is 14.1. The van der Waals surface area contributed by atoms with Crippen LogP contribution in [0, 0.1) is 0 Å². The van der Waals surface area contributed by atoms with E-state index in [1.165, 1.54) is 32.4 Å². The van der Waals surface area contributed by atoms with E-state index in [4.69, 9.17) is 9.47 Å². The highest BCUT2D eigenvalue weighted by atomic mass is 32.2. The van der Waals surface area contributed by atoms with Crippen LogP contribution in [0.1, 0.15) is 32.6 Å². The van der Waals surface area contributed by atoms with Crippen molar-refractivity contribution >= 4 is 25.8 Å². The van der Waals surface area contributed by atoms with E-state index >= 15 is 0 Å². The van der Waals surface area contributed by atoms with E-state index in [-0.39, 0.29) is 47.1 Å². The summed E-state index contributed by atoms with van der Waals surface area (Å²) in [5.41, 5.74) is 0. The minimum atomic E-state index is -3.85. The zero-order chi connectivity index (χ0) is 22.4. The molecule has 1 heterocycles. The van der Waals surface area contributed by atoms with Crippen LogP contribution in [0.3, 0.4) is 0 Å². The number of nitrogens with zero attached hydrogens (tertiary/aromatic N) is 1. The molecule has 30 heavy (non-hydrogen) atoms. The van der Waals surface area contributed by atoms with Crippen LogP contribution in [0.15, 0.2) is 23.1 Å². The summed E-state index contributed by atoms with van der Waals surface area (Å²) in [6.07, 6.45) is 2.01. The van der Waals surface area contributed by atoms with Gasteiger partial charge in [0.2, 0.25) is 15.9 Å². The molecule has 1 fully saturated rings. The van der Waals surface area contributed by atoms with Crippen molar-refractivity contribution < 1.29 is 31.1 Å². The number of ether oxygens (including phenoxy) is 2. The van der Waals surface area contributed by atoms with Crippen molar-refractivity contribution in [2.75, 3.05) is 38.8 Å². The average molecular weight is 463 g/mol. The molecule has 0 saturated carbocycles. The van der Waals surface area contributed by atoms with Crippen LogP contribution in [0.4, 0.5) is 0 Å². The SMILES string of the molecule is CCCCN(C(=O)CCNS(=O)(=O)c1ccc(OC)c(OC)c1)C1CCS(=O)(=O)C1. The van der Waals surface area contributed by atoms with E-state index in [9.17, 15) is 21.6 Å². The van der Waals surface area contributed by atoms with Crippen LogP contribution in [0.2, 0.25) is 0 Å². The number of benzene rings is 1. The zero-order valence-electron chi connectivity index (χ0n) is 17.6. The number of sulfonamides is 1. The third-order valence-electron chi connectivity index (χ3n) is 5.02. The minimum absolute atomic E-state index is 0.00248. The number of unbranched alkanes of at least 4 members (excludes halogenated alkanes) is 1. The molecule has 0 radical (unpaired) electrons. The van der Waals surface area contributed by atoms with Gasteiger partial charge in [-0.3, -0.25) is 4.79 Å². The fraction of sp³-hybridized carbons (Fsp3) is 0.632. The van der Waals surface area contributed by atoms with Crippen LogP contribution in [0.5, 0.6) is 11.5 Å². The van der Waals surface area contributed by atoms with Gasteiger partial charge < -0.3 is 14.4 Å². The highest BCUT2D eigenvalue weighted by Crippen LogP contribution is 2.29. The van der Waals surface area contributed by atoms with Crippen molar-refractivity contribution in [3.63, 3.8) is 0 Å². The fourth-order valence-electron chi connectivity index (χ4n) is 3.36. The van der Waals surface area contributed by atoms with Gasteiger partial charge in [-0.05, 0) is 25.0 Å². The normalized spacial score (nSPS) is 18.2. The Morgan fingerprint density at radius 2 is 1.93 bits per heavy atom. The van der Waals surface area contributed by atoms with Gasteiger partial charge in [0, 0.05) is 31.6 Å². The topological polar surface area (TPSA) is 119 Å². The van der Waals surface area contributed by atoms with Crippen LogP contribution < -0.4 is 14.2 Å². The third kappa shape index (κ3) is 6.32. The molecule has 9 nitrogen and oxygen atoms in total. The lowest BCUT2D eigenvalue weighted by atomic mass is 10.2. The van der Waals surface area contributed by atoms with Gasteiger partial charge in [0.15, 0.2) is 21.3 Å². The molecule has 1 N–H and O–H groups in total. The smallest absolute Gasteiger partial charge is 0.240 e. The lowest BCUT2D eigenvalue weighted by molar-refractivity contribution is -0.133. The highest BCUT2D eigenvalue weighted by molar-refractivity contribution is 7.91. The Hall–Kier alpha value is -1.85. The molecule has 1 aliphatic heterocycles. The summed E-state index contributed by atoms with van der Waals surface area (Å²) in [6, 6.07) is 3.89. The Bertz CT molecular complexity index is 946. The number of carbonyl (C=O) groups is 1. The fourth-order valence-corrected chi connectivity index (χ4v) is 6.14. The van der Waals surface area contributed by atoms with Gasteiger partial charge >= 0.3 is 0 Å². The molecule has 0 aliphatic carbocycles. The van der Waals surface area contributed by atoms with E-state index in [0.29, 0.717) is 18.7 Å². The largest absolute Gasteiger partial charge is 0.493 e. The molecule has 1 aliphatic rings. The minimum Gasteiger partial charge on any atom is -0.493 e. The van der Waals surface area contributed by atoms with Crippen LogP contribution in [-0.4, -0.2) is 72.5 Å². The molecule has 1 unspecified atom stereocenters. The quantitative estimate of drug-likeness (QED) is 0.525. The second kappa shape index (κ2) is 10.5. The van der Waals surface area contributed by atoms with Crippen molar-refractivity contribution in [1.29, 1.82) is 0 Å². The second-order valence-electron chi connectivity index (χ2n) is 7.16. The van der Waals surface area contributed by atoms with E-state index in [0.717, 1.165) is 12.8 Å². The van der Waals surface area contributed by atoms with E-state index in [1.54, 1.807) is 4.90 Å². The van der Waals surface area contributed by atoms with Crippen molar-refractivity contribution in [3.05, 3.63) is 18.2 Å². The van der Waals surface area contributed by atoms with Gasteiger partial charge in [0.25, 0.3) is 0 Å². The van der Waals surface area contributed by atoms with Crippen molar-refractivity contribution in [2.45, 2.75) is 43.5 Å². The monoisotopic (exact) mass is 462 g/mol. The van der Waals surface area contributed by atoms with Crippen LogP contribution >= 0.6 is 0 Å². The van der Waals surface area contributed by atoms with E-state index in [2.05, 4.69) is 4.72 Å². The molecule has 1 aromatic carbocycles. The number of sulfone groups is 1. The molecule has 1 atom stereocenters. The molecule has 2 rings (SSSR count). The lowest BCUT2D eigenvalue weighted by Crippen LogP contribution is -2.43. The van der Waals surface area contributed by atoms with Gasteiger partial charge in [0.1, 0.15) is 0 Å². The number of rotatable bonds is 11. The summed E-state index contributed by atoms with van der Waals surface area (Å²) in [6.45, 7) is 2.38. The molecule has 170 valence electrons. The second-order valence-corrected chi connectivity index (χ2v) is 11.2. The van der Waals surface area contributed by atoms with Gasteiger partial charge in [-0.15, -0.1) is 0 Å². The molecular weight excluding hydrogens is 432 g/mol. The molecule has 1 aromatic rings. The van der Waals surface area contributed by atoms with Crippen LogP contribution in [-0.2, 0) is 24.7 Å². The summed E-state index contributed by atoms with van der Waals surface area (Å²) >= 11 is 0. The maximum atomic E-state index is 12.7. The third-order valence-corrected chi connectivity index (χ3v) is 8.23. The van der Waals surface area contributed by atoms with E-state index in [1.807, 2.05) is 6.92 Å². The van der Waals surface area contributed by atoms with Gasteiger partial charge in [0.05, 0.1) is 30.6 Å². The average Bonchev–Trinajstić information content (AvgIpc) is 3.06. The molecule has 1 amide bonds. The Balaban J connectivity index is 2.01. The molecule has 1 saturated heterocycles. The number of carbonyl (C=O) groups excluding carboxylic acids is 1. The Labute approximate surface area is 178 Å². The van der Waals surface area contributed by atoms with Crippen LogP contribution in [0.25, 0.3) is 0 Å². The summed E-state index contributed by atoms with van der Waals surface area (Å²) in [5.74, 6) is 0.495. The lowest BCUT2D eigenvalue weighted by Gasteiger charge is -2.28. The summed E-state index contributed by atoms with van der Waals surface area (Å²) in [4.78, 5) is 14.3. The number of amides is 1. The van der Waals surface area contributed by atoms with Crippen molar-refractivity contribution in [2.24, 2.45) is 0 Å². The first-order valence-corrected chi connectivity index (χ1v) is 13.2. The van der Waals surface area contributed by atoms with Gasteiger partial charge in [-0.1, -0.05) is 13.3 Å². The van der Waals surface area contributed by atoms with Crippen molar-refractivity contribution in [1.82, 2.24) is 9.62 Å². The maximum absolute atomic E-state index is 12.7. The van der Waals surface area contributed by atoms with Gasteiger partial charge in [-0.2, -0.15) is 0 Å². The molecule has 0 bridgehead atoms. The number of hydrogen-bond acceptors (Lipinski definition) is 7. The number of hydrogen-bond donors (Lipinski definition) is 1. The molecular formula is C19H30N2O7S2. The predicted octanol–water partition coefficient (Wildman–Crippen LogP) is 1.19. The standard InChI is InChI=1S/C19H30N2O7S2/c1-4-5-11-21(15-9-12-29(23,24)14-15)19(22)8-10-20-30(25,26)16-6-7-17(27-2)18(13-16)28-3/h6-7,13,15,20H,4-5,8-12,14H2,1-3H3. The first kappa shape index (κ1) is 24.4. The highest BCUT2D eigenvalue weighted by Gasteiger charge is 2.34. The number of nitrogens with one attached hydrogen (secondary N) is 1. The Morgan fingerprint density at radius 1 is 1.23 bits per heavy atom. The van der Waals surface area contributed by atoms with Gasteiger partial charge in [-0.25, -0.2) is 21.6 Å². The number of methoxy groups -OCH3 is 2. The summed E-state index contributed by atoms with van der Waals surface area (Å²) in [7, 11) is -4.10. The van der Waals surface area contributed by atoms with Crippen molar-refractivity contribution in [3.8, 4) is 11.5 Å². The molecule has 0 aromatic heterocycles. The molecule has 11 heteroatoms. The van der Waals surface area contributed by atoms with E-state index < -0.39 is 19.9 Å². The summed E-state index contributed by atoms with van der Waals surface area (Å²) in [5, 5.41) is 0. The first-order valence-electron chi connectivity index (χ1n) is 9.85. The predicted molar refractivity (Wildman–Crippen MR) is 113 cm³/mol. The zero-order valence-corrected chi connectivity index (χ0v) is 19.2.